The number of aromatic amines is 1. The standard InChI is InChI=1S/C14H20N4O3/c1-17(6-9-3-2-4-9)14(21)18-7-11-10(15-8-16-11)5-12(18)13(19)20/h8-9,12H,2-7H2,1H3,(H,15,16)(H,19,20). The van der Waals surface area contributed by atoms with Crippen molar-refractivity contribution in [1.29, 1.82) is 0 Å². The van der Waals surface area contributed by atoms with Crippen molar-refractivity contribution in [2.45, 2.75) is 38.3 Å². The number of hydrogen-bond donors (Lipinski definition) is 2. The van der Waals surface area contributed by atoms with E-state index in [4.69, 9.17) is 0 Å². The van der Waals surface area contributed by atoms with Crippen LogP contribution in [0.5, 0.6) is 0 Å². The SMILES string of the molecule is CN(CC1CCC1)C(=O)N1Cc2[nH]cnc2CC1C(=O)O. The fourth-order valence-corrected chi connectivity index (χ4v) is 3.02. The first-order chi connectivity index (χ1) is 10.1. The normalized spacial score (nSPS) is 21.6. The number of fused-ring (bicyclic) bond motifs is 1. The molecular formula is C14H20N4O3. The van der Waals surface area contributed by atoms with E-state index in [-0.39, 0.29) is 19.0 Å². The van der Waals surface area contributed by atoms with Crippen molar-refractivity contribution >= 4 is 12.0 Å². The van der Waals surface area contributed by atoms with Crippen LogP contribution >= 0.6 is 0 Å². The Kier molecular flexibility index (Phi) is 3.57. The maximum atomic E-state index is 12.6. The molecule has 21 heavy (non-hydrogen) atoms. The lowest BCUT2D eigenvalue weighted by molar-refractivity contribution is -0.142. The van der Waals surface area contributed by atoms with Crippen LogP contribution in [-0.4, -0.2) is 56.5 Å². The molecule has 7 heteroatoms. The first kappa shape index (κ1) is 13.9. The summed E-state index contributed by atoms with van der Waals surface area (Å²) in [5.41, 5.74) is 1.57. The second-order valence-electron chi connectivity index (χ2n) is 5.97. The Balaban J connectivity index is 1.74. The number of carbonyl (C=O) groups is 2. The van der Waals surface area contributed by atoms with Gasteiger partial charge in [0.2, 0.25) is 0 Å². The number of H-pyrrole nitrogens is 1. The molecule has 1 aromatic rings. The topological polar surface area (TPSA) is 89.5 Å². The molecule has 0 saturated heterocycles. The molecule has 1 aliphatic carbocycles. The van der Waals surface area contributed by atoms with E-state index in [1.165, 1.54) is 11.3 Å². The Bertz CT molecular complexity index is 552. The fourth-order valence-electron chi connectivity index (χ4n) is 3.02. The van der Waals surface area contributed by atoms with Gasteiger partial charge in [-0.1, -0.05) is 6.42 Å². The molecule has 2 N–H and O–H groups in total. The molecule has 3 rings (SSSR count). The van der Waals surface area contributed by atoms with Gasteiger partial charge < -0.3 is 19.9 Å². The summed E-state index contributed by atoms with van der Waals surface area (Å²) in [6.07, 6.45) is 5.35. The summed E-state index contributed by atoms with van der Waals surface area (Å²) in [6, 6.07) is -1.05. The van der Waals surface area contributed by atoms with Crippen LogP contribution in [-0.2, 0) is 17.8 Å². The average Bonchev–Trinajstić information content (AvgIpc) is 2.87. The summed E-state index contributed by atoms with van der Waals surface area (Å²) >= 11 is 0. The Morgan fingerprint density at radius 3 is 2.90 bits per heavy atom. The third-order valence-corrected chi connectivity index (χ3v) is 4.51. The van der Waals surface area contributed by atoms with Gasteiger partial charge in [-0.3, -0.25) is 0 Å². The molecule has 7 nitrogen and oxygen atoms in total. The number of carboxylic acids is 1. The highest BCUT2D eigenvalue weighted by Gasteiger charge is 2.37. The van der Waals surface area contributed by atoms with Crippen LogP contribution in [0, 0.1) is 5.92 Å². The Morgan fingerprint density at radius 1 is 1.52 bits per heavy atom. The zero-order valence-electron chi connectivity index (χ0n) is 12.1. The number of imidazole rings is 1. The maximum absolute atomic E-state index is 12.6. The lowest BCUT2D eigenvalue weighted by Crippen LogP contribution is -2.53. The minimum Gasteiger partial charge on any atom is -0.480 e. The second kappa shape index (κ2) is 5.38. The molecule has 2 heterocycles. The van der Waals surface area contributed by atoms with Crippen LogP contribution in [0.15, 0.2) is 6.33 Å². The number of carbonyl (C=O) groups excluding carboxylic acids is 1. The third-order valence-electron chi connectivity index (χ3n) is 4.51. The van der Waals surface area contributed by atoms with Crippen LogP contribution in [0.2, 0.25) is 0 Å². The summed E-state index contributed by atoms with van der Waals surface area (Å²) in [7, 11) is 1.75. The van der Waals surface area contributed by atoms with Crippen molar-refractivity contribution in [3.63, 3.8) is 0 Å². The number of urea groups is 1. The summed E-state index contributed by atoms with van der Waals surface area (Å²) in [5.74, 6) is -0.413. The zero-order chi connectivity index (χ0) is 15.0. The number of amides is 2. The monoisotopic (exact) mass is 292 g/mol. The van der Waals surface area contributed by atoms with Gasteiger partial charge in [-0.15, -0.1) is 0 Å². The molecule has 114 valence electrons. The molecule has 1 aliphatic heterocycles. The van der Waals surface area contributed by atoms with Crippen molar-refractivity contribution in [3.8, 4) is 0 Å². The van der Waals surface area contributed by atoms with Crippen LogP contribution < -0.4 is 0 Å². The third kappa shape index (κ3) is 2.59. The van der Waals surface area contributed by atoms with E-state index in [2.05, 4.69) is 9.97 Å². The van der Waals surface area contributed by atoms with Gasteiger partial charge in [0.05, 0.1) is 24.3 Å². The molecule has 0 aromatic carbocycles. The van der Waals surface area contributed by atoms with Crippen LogP contribution in [0.25, 0.3) is 0 Å². The van der Waals surface area contributed by atoms with Gasteiger partial charge in [0.15, 0.2) is 0 Å². The number of nitrogens with one attached hydrogen (secondary N) is 1. The maximum Gasteiger partial charge on any atom is 0.326 e. The summed E-state index contributed by atoms with van der Waals surface area (Å²) < 4.78 is 0. The highest BCUT2D eigenvalue weighted by molar-refractivity contribution is 5.83. The summed E-state index contributed by atoms with van der Waals surface area (Å²) in [4.78, 5) is 34.2. The highest BCUT2D eigenvalue weighted by atomic mass is 16.4. The first-order valence-corrected chi connectivity index (χ1v) is 7.32. The predicted molar refractivity (Wildman–Crippen MR) is 74.6 cm³/mol. The minimum atomic E-state index is -0.978. The second-order valence-corrected chi connectivity index (χ2v) is 5.97. The number of aromatic nitrogens is 2. The molecule has 1 saturated carbocycles. The highest BCUT2D eigenvalue weighted by Crippen LogP contribution is 2.28. The number of hydrogen-bond acceptors (Lipinski definition) is 3. The van der Waals surface area contributed by atoms with Gasteiger partial charge in [-0.25, -0.2) is 14.6 Å². The van der Waals surface area contributed by atoms with Crippen molar-refractivity contribution in [2.24, 2.45) is 5.92 Å². The predicted octanol–water partition coefficient (Wildman–Crippen LogP) is 1.07. The number of aliphatic carboxylic acids is 1. The van der Waals surface area contributed by atoms with E-state index < -0.39 is 12.0 Å². The average molecular weight is 292 g/mol. The molecule has 2 amide bonds. The van der Waals surface area contributed by atoms with Gasteiger partial charge in [0.1, 0.15) is 6.04 Å². The largest absolute Gasteiger partial charge is 0.480 e. The first-order valence-electron chi connectivity index (χ1n) is 7.32. The van der Waals surface area contributed by atoms with Crippen molar-refractivity contribution in [3.05, 3.63) is 17.7 Å². The molecule has 2 aliphatic rings. The number of nitrogens with zero attached hydrogens (tertiary/aromatic N) is 3. The van der Waals surface area contributed by atoms with Crippen molar-refractivity contribution in [2.75, 3.05) is 13.6 Å². The van der Waals surface area contributed by atoms with E-state index in [9.17, 15) is 14.7 Å². The van der Waals surface area contributed by atoms with Crippen molar-refractivity contribution < 1.29 is 14.7 Å². The number of rotatable bonds is 3. The molecule has 1 unspecified atom stereocenters. The lowest BCUT2D eigenvalue weighted by atomic mass is 9.85. The minimum absolute atomic E-state index is 0.213. The summed E-state index contributed by atoms with van der Waals surface area (Å²) in [5, 5.41) is 9.39. The molecular weight excluding hydrogens is 272 g/mol. The zero-order valence-corrected chi connectivity index (χ0v) is 12.1. The van der Waals surface area contributed by atoms with Gasteiger partial charge in [-0.2, -0.15) is 0 Å². The summed E-state index contributed by atoms with van der Waals surface area (Å²) in [6.45, 7) is 0.984. The van der Waals surface area contributed by atoms with Gasteiger partial charge >= 0.3 is 12.0 Å². The van der Waals surface area contributed by atoms with E-state index in [0.29, 0.717) is 12.5 Å². The lowest BCUT2D eigenvalue weighted by Gasteiger charge is -2.37. The molecule has 0 spiro atoms. The molecule has 1 atom stereocenters. The smallest absolute Gasteiger partial charge is 0.326 e. The van der Waals surface area contributed by atoms with E-state index >= 15 is 0 Å². The molecule has 1 fully saturated rings. The molecule has 0 bridgehead atoms. The van der Waals surface area contributed by atoms with Gasteiger partial charge in [0, 0.05) is 20.0 Å². The van der Waals surface area contributed by atoms with E-state index in [0.717, 1.165) is 24.2 Å². The fraction of sp³-hybridized carbons (Fsp3) is 0.643. The quantitative estimate of drug-likeness (QED) is 0.872. The van der Waals surface area contributed by atoms with Gasteiger partial charge in [0.25, 0.3) is 0 Å². The van der Waals surface area contributed by atoms with Crippen molar-refractivity contribution in [1.82, 2.24) is 19.8 Å². The van der Waals surface area contributed by atoms with E-state index in [1.54, 1.807) is 18.3 Å². The Hall–Kier alpha value is -2.05. The Labute approximate surface area is 122 Å². The Morgan fingerprint density at radius 2 is 2.29 bits per heavy atom. The van der Waals surface area contributed by atoms with E-state index in [1.807, 2.05) is 0 Å². The van der Waals surface area contributed by atoms with Crippen LogP contribution in [0.1, 0.15) is 30.7 Å². The number of carboxylic acid groups (broad SMARTS) is 1. The molecule has 0 radical (unpaired) electrons. The van der Waals surface area contributed by atoms with Gasteiger partial charge in [-0.05, 0) is 18.8 Å². The van der Waals surface area contributed by atoms with Crippen LogP contribution in [0.3, 0.4) is 0 Å². The molecule has 1 aromatic heterocycles. The van der Waals surface area contributed by atoms with Crippen LogP contribution in [0.4, 0.5) is 4.79 Å².